The van der Waals surface area contributed by atoms with Crippen molar-refractivity contribution in [1.82, 2.24) is 5.32 Å². The fraction of sp³-hybridized carbons (Fsp3) is 0.294. The summed E-state index contributed by atoms with van der Waals surface area (Å²) in [6.07, 6.45) is 2.22. The molecule has 0 aromatic heterocycles. The highest BCUT2D eigenvalue weighted by atomic mass is 35.5. The number of ether oxygens (including phenoxy) is 1. The van der Waals surface area contributed by atoms with Crippen molar-refractivity contribution in [3.63, 3.8) is 0 Å². The van der Waals surface area contributed by atoms with E-state index in [1.165, 1.54) is 5.56 Å². The van der Waals surface area contributed by atoms with E-state index in [0.29, 0.717) is 0 Å². The fourth-order valence-corrected chi connectivity index (χ4v) is 2.03. The second-order valence-corrected chi connectivity index (χ2v) is 4.52. The van der Waals surface area contributed by atoms with Crippen LogP contribution in [0.3, 0.4) is 0 Å². The highest BCUT2D eigenvalue weighted by molar-refractivity contribution is 5.85. The summed E-state index contributed by atoms with van der Waals surface area (Å²) >= 11 is 0. The Morgan fingerprint density at radius 2 is 1.60 bits per heavy atom. The normalized spacial score (nSPS) is 9.85. The van der Waals surface area contributed by atoms with E-state index in [-0.39, 0.29) is 12.4 Å². The molecule has 0 aliphatic heterocycles. The summed E-state index contributed by atoms with van der Waals surface area (Å²) in [6.45, 7) is 1.81. The van der Waals surface area contributed by atoms with E-state index in [4.69, 9.17) is 4.74 Å². The Hall–Kier alpha value is -1.51. The maximum Gasteiger partial charge on any atom is 0.127 e. The SMILES string of the molecule is CNCCCCOc1ccccc1-c1ccccc1.Cl. The van der Waals surface area contributed by atoms with Crippen molar-refractivity contribution in [3.8, 4) is 16.9 Å². The Balaban J connectivity index is 0.00000200. The van der Waals surface area contributed by atoms with Crippen molar-refractivity contribution in [2.75, 3.05) is 20.2 Å². The molecule has 0 atom stereocenters. The van der Waals surface area contributed by atoms with Crippen LogP contribution >= 0.6 is 12.4 Å². The average molecular weight is 292 g/mol. The van der Waals surface area contributed by atoms with Gasteiger partial charge >= 0.3 is 0 Å². The molecule has 0 unspecified atom stereocenters. The summed E-state index contributed by atoms with van der Waals surface area (Å²) in [5, 5.41) is 3.15. The number of benzene rings is 2. The molecule has 2 aromatic carbocycles. The first-order valence-electron chi connectivity index (χ1n) is 6.83. The molecule has 0 amide bonds. The van der Waals surface area contributed by atoms with Crippen LogP contribution in [0.5, 0.6) is 5.75 Å². The van der Waals surface area contributed by atoms with E-state index in [1.54, 1.807) is 0 Å². The molecule has 108 valence electrons. The molecule has 0 spiro atoms. The number of halogens is 1. The zero-order chi connectivity index (χ0) is 13.3. The van der Waals surface area contributed by atoms with Gasteiger partial charge in [-0.25, -0.2) is 0 Å². The summed E-state index contributed by atoms with van der Waals surface area (Å²) < 4.78 is 5.91. The predicted molar refractivity (Wildman–Crippen MR) is 87.8 cm³/mol. The summed E-state index contributed by atoms with van der Waals surface area (Å²) in [5.41, 5.74) is 2.37. The van der Waals surface area contributed by atoms with Crippen LogP contribution in [0, 0.1) is 0 Å². The van der Waals surface area contributed by atoms with Gasteiger partial charge < -0.3 is 10.1 Å². The summed E-state index contributed by atoms with van der Waals surface area (Å²) in [6, 6.07) is 18.6. The molecule has 0 bridgehead atoms. The van der Waals surface area contributed by atoms with E-state index < -0.39 is 0 Å². The average Bonchev–Trinajstić information content (AvgIpc) is 2.48. The van der Waals surface area contributed by atoms with Gasteiger partial charge in [0.1, 0.15) is 5.75 Å². The van der Waals surface area contributed by atoms with E-state index in [9.17, 15) is 0 Å². The summed E-state index contributed by atoms with van der Waals surface area (Å²) in [4.78, 5) is 0. The van der Waals surface area contributed by atoms with Crippen LogP contribution in [0.2, 0.25) is 0 Å². The molecule has 0 aliphatic carbocycles. The minimum atomic E-state index is 0. The molecule has 2 aromatic rings. The Morgan fingerprint density at radius 3 is 2.35 bits per heavy atom. The molecule has 20 heavy (non-hydrogen) atoms. The van der Waals surface area contributed by atoms with Gasteiger partial charge in [-0.05, 0) is 38.1 Å². The predicted octanol–water partition coefficient (Wildman–Crippen LogP) is 4.15. The van der Waals surface area contributed by atoms with Crippen molar-refractivity contribution in [2.24, 2.45) is 0 Å². The monoisotopic (exact) mass is 291 g/mol. The van der Waals surface area contributed by atoms with E-state index in [2.05, 4.69) is 41.7 Å². The number of hydrogen-bond donors (Lipinski definition) is 1. The van der Waals surface area contributed by atoms with Gasteiger partial charge in [0.15, 0.2) is 0 Å². The molecule has 2 rings (SSSR count). The quantitative estimate of drug-likeness (QED) is 0.774. The molecular weight excluding hydrogens is 270 g/mol. The molecule has 0 saturated heterocycles. The van der Waals surface area contributed by atoms with Crippen LogP contribution in [-0.4, -0.2) is 20.2 Å². The van der Waals surface area contributed by atoms with Gasteiger partial charge in [-0.1, -0.05) is 48.5 Å². The lowest BCUT2D eigenvalue weighted by Crippen LogP contribution is -2.09. The van der Waals surface area contributed by atoms with Gasteiger partial charge in [0.25, 0.3) is 0 Å². The van der Waals surface area contributed by atoms with E-state index >= 15 is 0 Å². The van der Waals surface area contributed by atoms with Crippen LogP contribution in [0.15, 0.2) is 54.6 Å². The Morgan fingerprint density at radius 1 is 0.900 bits per heavy atom. The highest BCUT2D eigenvalue weighted by Gasteiger charge is 2.04. The molecule has 0 aliphatic rings. The molecule has 0 fully saturated rings. The number of nitrogens with one attached hydrogen (secondary N) is 1. The van der Waals surface area contributed by atoms with E-state index in [0.717, 1.165) is 37.3 Å². The van der Waals surface area contributed by atoms with E-state index in [1.807, 2.05) is 25.2 Å². The maximum absolute atomic E-state index is 5.91. The fourth-order valence-electron chi connectivity index (χ4n) is 2.03. The van der Waals surface area contributed by atoms with Gasteiger partial charge in [-0.3, -0.25) is 0 Å². The highest BCUT2D eigenvalue weighted by Crippen LogP contribution is 2.29. The topological polar surface area (TPSA) is 21.3 Å². The third-order valence-corrected chi connectivity index (χ3v) is 3.05. The molecule has 0 heterocycles. The van der Waals surface area contributed by atoms with Crippen LogP contribution < -0.4 is 10.1 Å². The minimum absolute atomic E-state index is 0. The van der Waals surface area contributed by atoms with Crippen molar-refractivity contribution < 1.29 is 4.74 Å². The zero-order valence-electron chi connectivity index (χ0n) is 11.8. The molecule has 2 nitrogen and oxygen atoms in total. The van der Waals surface area contributed by atoms with Crippen LogP contribution in [0.25, 0.3) is 11.1 Å². The number of unbranched alkanes of at least 4 members (excludes halogenated alkanes) is 1. The number of hydrogen-bond acceptors (Lipinski definition) is 2. The number of rotatable bonds is 7. The molecule has 0 saturated carbocycles. The minimum Gasteiger partial charge on any atom is -0.493 e. The second-order valence-electron chi connectivity index (χ2n) is 4.52. The first-order chi connectivity index (χ1) is 9.42. The number of para-hydroxylation sites is 1. The molecular formula is C17H22ClNO. The molecule has 3 heteroatoms. The van der Waals surface area contributed by atoms with Gasteiger partial charge in [0.2, 0.25) is 0 Å². The first kappa shape index (κ1) is 16.5. The van der Waals surface area contributed by atoms with Crippen LogP contribution in [-0.2, 0) is 0 Å². The lowest BCUT2D eigenvalue weighted by Gasteiger charge is -2.11. The van der Waals surface area contributed by atoms with Crippen molar-refractivity contribution in [2.45, 2.75) is 12.8 Å². The largest absolute Gasteiger partial charge is 0.493 e. The molecule has 0 radical (unpaired) electrons. The summed E-state index contributed by atoms with van der Waals surface area (Å²) in [7, 11) is 1.98. The lowest BCUT2D eigenvalue weighted by molar-refractivity contribution is 0.307. The maximum atomic E-state index is 5.91. The van der Waals surface area contributed by atoms with Crippen LogP contribution in [0.1, 0.15) is 12.8 Å². The smallest absolute Gasteiger partial charge is 0.127 e. The van der Waals surface area contributed by atoms with Crippen molar-refractivity contribution in [3.05, 3.63) is 54.6 Å². The molecule has 1 N–H and O–H groups in total. The van der Waals surface area contributed by atoms with Crippen molar-refractivity contribution in [1.29, 1.82) is 0 Å². The van der Waals surface area contributed by atoms with Gasteiger partial charge in [-0.15, -0.1) is 12.4 Å². The second kappa shape index (κ2) is 9.40. The van der Waals surface area contributed by atoms with Gasteiger partial charge in [0, 0.05) is 5.56 Å². The standard InChI is InChI=1S/C17H21NO.ClH/c1-18-13-7-8-14-19-17-12-6-5-11-16(17)15-9-3-2-4-10-15;/h2-6,9-12,18H,7-8,13-14H2,1H3;1H. The third kappa shape index (κ3) is 4.87. The third-order valence-electron chi connectivity index (χ3n) is 3.05. The Bertz CT molecular complexity index is 487. The Labute approximate surface area is 127 Å². The first-order valence-corrected chi connectivity index (χ1v) is 6.83. The summed E-state index contributed by atoms with van der Waals surface area (Å²) in [5.74, 6) is 0.971. The van der Waals surface area contributed by atoms with Crippen molar-refractivity contribution >= 4 is 12.4 Å². The van der Waals surface area contributed by atoms with Gasteiger partial charge in [-0.2, -0.15) is 0 Å². The lowest BCUT2D eigenvalue weighted by atomic mass is 10.1. The zero-order valence-corrected chi connectivity index (χ0v) is 12.7. The van der Waals surface area contributed by atoms with Crippen LogP contribution in [0.4, 0.5) is 0 Å². The van der Waals surface area contributed by atoms with Gasteiger partial charge in [0.05, 0.1) is 6.61 Å². The Kier molecular flexibility index (Phi) is 7.78.